The number of benzene rings is 2. The lowest BCUT2D eigenvalue weighted by atomic mass is 9.80. The van der Waals surface area contributed by atoms with E-state index in [-0.39, 0.29) is 0 Å². The normalized spacial score (nSPS) is 16.1. The zero-order valence-electron chi connectivity index (χ0n) is 16.2. The van der Waals surface area contributed by atoms with Gasteiger partial charge in [0.2, 0.25) is 0 Å². The van der Waals surface area contributed by atoms with Crippen molar-refractivity contribution in [2.24, 2.45) is 0 Å². The first-order chi connectivity index (χ1) is 13.7. The van der Waals surface area contributed by atoms with Crippen molar-refractivity contribution in [2.75, 3.05) is 20.2 Å². The lowest BCUT2D eigenvalue weighted by molar-refractivity contribution is 0.401. The number of rotatable bonds is 7. The monoisotopic (exact) mass is 378 g/mol. The number of methoxy groups -OCH3 is 1. The van der Waals surface area contributed by atoms with Crippen LogP contribution in [0.4, 0.5) is 0 Å². The maximum Gasteiger partial charge on any atom is 0.354 e. The van der Waals surface area contributed by atoms with E-state index in [1.54, 1.807) is 7.11 Å². The van der Waals surface area contributed by atoms with Crippen molar-refractivity contribution >= 4 is 11.1 Å². The molecule has 2 aromatic carbocycles. The van der Waals surface area contributed by atoms with Crippen molar-refractivity contribution < 1.29 is 9.15 Å². The molecule has 0 saturated heterocycles. The Hall–Kier alpha value is -2.66. The summed E-state index contributed by atoms with van der Waals surface area (Å²) in [4.78, 5) is 15.4. The van der Waals surface area contributed by atoms with Crippen LogP contribution in [0.25, 0.3) is 11.1 Å². The number of hydrogen-bond donors (Lipinski definition) is 1. The quantitative estimate of drug-likeness (QED) is 0.633. The molecule has 1 atom stereocenters. The minimum absolute atomic E-state index is 0.413. The molecule has 0 fully saturated rings. The van der Waals surface area contributed by atoms with E-state index in [0.29, 0.717) is 11.5 Å². The first-order valence-corrected chi connectivity index (χ1v) is 10.00. The van der Waals surface area contributed by atoms with Gasteiger partial charge in [0.05, 0.1) is 7.11 Å². The predicted octanol–water partition coefficient (Wildman–Crippen LogP) is 3.84. The SMILES string of the molecule is COc1cccc2c1CCCC2CCNCCc1ccc2oc(=O)cnc2c1. The molecule has 1 unspecified atom stereocenters. The molecule has 1 aliphatic carbocycles. The molecule has 0 radical (unpaired) electrons. The van der Waals surface area contributed by atoms with Gasteiger partial charge in [-0.1, -0.05) is 18.2 Å². The predicted molar refractivity (Wildman–Crippen MR) is 110 cm³/mol. The van der Waals surface area contributed by atoms with Crippen LogP contribution in [0.5, 0.6) is 5.75 Å². The molecule has 1 aliphatic rings. The zero-order valence-corrected chi connectivity index (χ0v) is 16.2. The summed E-state index contributed by atoms with van der Waals surface area (Å²) in [6, 6.07) is 12.3. The second-order valence-electron chi connectivity index (χ2n) is 7.39. The number of ether oxygens (including phenoxy) is 1. The highest BCUT2D eigenvalue weighted by Gasteiger charge is 2.22. The molecule has 5 heteroatoms. The van der Waals surface area contributed by atoms with E-state index in [9.17, 15) is 4.79 Å². The summed E-state index contributed by atoms with van der Waals surface area (Å²) in [6.07, 6.45) is 6.90. The van der Waals surface area contributed by atoms with Gasteiger partial charge in [0.25, 0.3) is 0 Å². The molecule has 0 amide bonds. The summed E-state index contributed by atoms with van der Waals surface area (Å²) < 4.78 is 10.7. The van der Waals surface area contributed by atoms with Gasteiger partial charge in [-0.25, -0.2) is 9.78 Å². The van der Waals surface area contributed by atoms with Crippen LogP contribution >= 0.6 is 0 Å². The highest BCUT2D eigenvalue weighted by atomic mass is 16.5. The van der Waals surface area contributed by atoms with Crippen LogP contribution in [0.3, 0.4) is 0 Å². The smallest absolute Gasteiger partial charge is 0.354 e. The molecule has 5 nitrogen and oxygen atoms in total. The summed E-state index contributed by atoms with van der Waals surface area (Å²) in [5.41, 5.74) is 4.91. The van der Waals surface area contributed by atoms with E-state index >= 15 is 0 Å². The van der Waals surface area contributed by atoms with Gasteiger partial charge in [-0.2, -0.15) is 0 Å². The Labute approximate surface area is 164 Å². The van der Waals surface area contributed by atoms with Crippen molar-refractivity contribution in [2.45, 2.75) is 38.0 Å². The van der Waals surface area contributed by atoms with Crippen LogP contribution in [0.2, 0.25) is 0 Å². The average Bonchev–Trinajstić information content (AvgIpc) is 2.73. The molecule has 4 rings (SSSR count). The molecule has 1 heterocycles. The topological polar surface area (TPSA) is 64.4 Å². The Morgan fingerprint density at radius 3 is 3.07 bits per heavy atom. The van der Waals surface area contributed by atoms with Gasteiger partial charge in [-0.3, -0.25) is 0 Å². The lowest BCUT2D eigenvalue weighted by Crippen LogP contribution is -2.22. The number of hydrogen-bond acceptors (Lipinski definition) is 5. The summed E-state index contributed by atoms with van der Waals surface area (Å²) in [6.45, 7) is 1.92. The molecular formula is C23H26N2O3. The second-order valence-corrected chi connectivity index (χ2v) is 7.39. The number of nitrogens with zero attached hydrogens (tertiary/aromatic N) is 1. The van der Waals surface area contributed by atoms with Gasteiger partial charge in [-0.15, -0.1) is 0 Å². The van der Waals surface area contributed by atoms with Crippen LogP contribution in [-0.2, 0) is 12.8 Å². The summed E-state index contributed by atoms with van der Waals surface area (Å²) in [5.74, 6) is 1.65. The Bertz CT molecular complexity index is 1010. The third-order valence-electron chi connectivity index (χ3n) is 5.61. The van der Waals surface area contributed by atoms with Crippen molar-refractivity contribution in [3.8, 4) is 5.75 Å². The van der Waals surface area contributed by atoms with Gasteiger partial charge in [0.15, 0.2) is 5.58 Å². The molecular weight excluding hydrogens is 352 g/mol. The second kappa shape index (κ2) is 8.57. The first-order valence-electron chi connectivity index (χ1n) is 10.00. The van der Waals surface area contributed by atoms with E-state index in [2.05, 4.69) is 28.5 Å². The van der Waals surface area contributed by atoms with Crippen molar-refractivity contribution in [3.63, 3.8) is 0 Å². The van der Waals surface area contributed by atoms with Gasteiger partial charge in [0, 0.05) is 0 Å². The van der Waals surface area contributed by atoms with Crippen LogP contribution in [0, 0.1) is 0 Å². The maximum atomic E-state index is 11.2. The van der Waals surface area contributed by atoms with E-state index in [1.807, 2.05) is 18.2 Å². The molecule has 0 aliphatic heterocycles. The fourth-order valence-electron chi connectivity index (χ4n) is 4.20. The Balaban J connectivity index is 1.29. The minimum atomic E-state index is -0.413. The molecule has 0 bridgehead atoms. The van der Waals surface area contributed by atoms with Gasteiger partial charge >= 0.3 is 5.63 Å². The van der Waals surface area contributed by atoms with Crippen molar-refractivity contribution in [1.29, 1.82) is 0 Å². The third-order valence-corrected chi connectivity index (χ3v) is 5.61. The van der Waals surface area contributed by atoms with Gasteiger partial charge in [0.1, 0.15) is 17.5 Å². The molecule has 0 spiro atoms. The molecule has 0 saturated carbocycles. The van der Waals surface area contributed by atoms with E-state index in [4.69, 9.17) is 9.15 Å². The van der Waals surface area contributed by atoms with Crippen LogP contribution in [0.1, 0.15) is 41.9 Å². The molecule has 146 valence electrons. The van der Waals surface area contributed by atoms with Gasteiger partial charge < -0.3 is 14.5 Å². The minimum Gasteiger partial charge on any atom is -0.496 e. The summed E-state index contributed by atoms with van der Waals surface area (Å²) in [7, 11) is 1.76. The molecule has 1 N–H and O–H groups in total. The molecule has 1 aromatic heterocycles. The zero-order chi connectivity index (χ0) is 19.3. The molecule has 3 aromatic rings. The van der Waals surface area contributed by atoms with Crippen LogP contribution in [0.15, 0.2) is 51.8 Å². The number of nitrogens with one attached hydrogen (secondary N) is 1. The summed E-state index contributed by atoms with van der Waals surface area (Å²) in [5, 5.41) is 3.57. The average molecular weight is 378 g/mol. The number of fused-ring (bicyclic) bond motifs is 2. The van der Waals surface area contributed by atoms with Crippen LogP contribution in [-0.4, -0.2) is 25.2 Å². The van der Waals surface area contributed by atoms with E-state index in [1.165, 1.54) is 35.7 Å². The number of aromatic nitrogens is 1. The van der Waals surface area contributed by atoms with E-state index < -0.39 is 5.63 Å². The van der Waals surface area contributed by atoms with Crippen molar-refractivity contribution in [1.82, 2.24) is 10.3 Å². The Kier molecular flexibility index (Phi) is 5.72. The highest BCUT2D eigenvalue weighted by Crippen LogP contribution is 2.38. The lowest BCUT2D eigenvalue weighted by Gasteiger charge is -2.27. The highest BCUT2D eigenvalue weighted by molar-refractivity contribution is 5.72. The Morgan fingerprint density at radius 2 is 2.18 bits per heavy atom. The first kappa shape index (κ1) is 18.7. The third kappa shape index (κ3) is 4.09. The summed E-state index contributed by atoms with van der Waals surface area (Å²) >= 11 is 0. The maximum absolute atomic E-state index is 11.2. The fourth-order valence-corrected chi connectivity index (χ4v) is 4.20. The van der Waals surface area contributed by atoms with Gasteiger partial charge in [-0.05, 0) is 86.0 Å². The molecule has 28 heavy (non-hydrogen) atoms. The largest absolute Gasteiger partial charge is 0.496 e. The van der Waals surface area contributed by atoms with E-state index in [0.717, 1.165) is 43.6 Å². The van der Waals surface area contributed by atoms with Crippen molar-refractivity contribution in [3.05, 3.63) is 69.7 Å². The Morgan fingerprint density at radius 1 is 1.25 bits per heavy atom. The standard InChI is InChI=1S/C23H26N2O3/c1-27-21-7-3-5-18-17(4-2-6-19(18)21)11-13-24-12-10-16-8-9-22-20(14-16)25-15-23(26)28-22/h3,5,7-9,14-15,17,24H,2,4,6,10-13H2,1H3. The van der Waals surface area contributed by atoms with Crippen LogP contribution < -0.4 is 15.7 Å². The fraction of sp³-hybridized carbons (Fsp3) is 0.391.